The molecule has 45 heavy (non-hydrogen) atoms. The van der Waals surface area contributed by atoms with Crippen molar-refractivity contribution >= 4 is 22.7 Å². The van der Waals surface area contributed by atoms with E-state index in [2.05, 4.69) is 15.0 Å². The third-order valence-corrected chi connectivity index (χ3v) is 8.32. The highest BCUT2D eigenvalue weighted by Gasteiger charge is 2.50. The number of halogens is 4. The molecule has 3 heterocycles. The minimum Gasteiger partial charge on any atom is -0.489 e. The van der Waals surface area contributed by atoms with Gasteiger partial charge >= 0.3 is 6.36 Å². The van der Waals surface area contributed by atoms with E-state index in [9.17, 15) is 32.3 Å². The molecular formula is C32H28F4N4O5. The maximum Gasteiger partial charge on any atom is 0.573 e. The number of rotatable bonds is 8. The van der Waals surface area contributed by atoms with E-state index in [0.717, 1.165) is 6.07 Å². The quantitative estimate of drug-likeness (QED) is 0.240. The predicted octanol–water partition coefficient (Wildman–Crippen LogP) is 4.81. The second kappa shape index (κ2) is 10.7. The zero-order chi connectivity index (χ0) is 32.3. The van der Waals surface area contributed by atoms with E-state index < -0.39 is 40.8 Å². The first-order valence-corrected chi connectivity index (χ1v) is 14.1. The third kappa shape index (κ3) is 5.63. The van der Waals surface area contributed by atoms with Crippen molar-refractivity contribution in [1.29, 1.82) is 0 Å². The Balaban J connectivity index is 1.39. The number of nitrogens with zero attached hydrogens (tertiary/aromatic N) is 2. The van der Waals surface area contributed by atoms with Gasteiger partial charge in [0, 0.05) is 28.3 Å². The molecule has 4 N–H and O–H groups in total. The van der Waals surface area contributed by atoms with Crippen molar-refractivity contribution in [2.75, 3.05) is 13.2 Å². The minimum absolute atomic E-state index is 0.0701. The number of benzene rings is 2. The maximum absolute atomic E-state index is 13.8. The fourth-order valence-electron chi connectivity index (χ4n) is 5.59. The monoisotopic (exact) mass is 624 g/mol. The van der Waals surface area contributed by atoms with Gasteiger partial charge in [-0.15, -0.1) is 13.2 Å². The molecule has 2 amide bonds. The van der Waals surface area contributed by atoms with Gasteiger partial charge in [-0.1, -0.05) is 0 Å². The van der Waals surface area contributed by atoms with Crippen LogP contribution in [0.2, 0.25) is 0 Å². The van der Waals surface area contributed by atoms with E-state index in [-0.39, 0.29) is 52.7 Å². The van der Waals surface area contributed by atoms with Crippen molar-refractivity contribution in [3.63, 3.8) is 0 Å². The number of carbonyl (C=O) groups is 2. The van der Waals surface area contributed by atoms with Gasteiger partial charge in [0.15, 0.2) is 5.75 Å². The first-order chi connectivity index (χ1) is 21.2. The zero-order valence-electron chi connectivity index (χ0n) is 24.2. The Labute approximate surface area is 254 Å². The van der Waals surface area contributed by atoms with Crippen LogP contribution in [0.15, 0.2) is 54.7 Å². The van der Waals surface area contributed by atoms with E-state index in [0.29, 0.717) is 29.5 Å². The second-order valence-electron chi connectivity index (χ2n) is 11.7. The van der Waals surface area contributed by atoms with Gasteiger partial charge in [-0.25, -0.2) is 9.37 Å². The molecule has 0 unspecified atom stereocenters. The van der Waals surface area contributed by atoms with Gasteiger partial charge < -0.3 is 25.6 Å². The van der Waals surface area contributed by atoms with E-state index in [1.807, 2.05) is 0 Å². The van der Waals surface area contributed by atoms with Crippen LogP contribution in [0.25, 0.3) is 22.2 Å². The Bertz CT molecular complexity index is 1840. The van der Waals surface area contributed by atoms with Crippen LogP contribution >= 0.6 is 0 Å². The summed E-state index contributed by atoms with van der Waals surface area (Å²) >= 11 is 0. The number of nitrogens with two attached hydrogens (primary N) is 1. The van der Waals surface area contributed by atoms with Gasteiger partial charge in [0.1, 0.15) is 40.4 Å². The molecule has 1 saturated carbocycles. The average Bonchev–Trinajstić information content (AvgIpc) is 3.78. The molecule has 234 valence electrons. The Morgan fingerprint density at radius 1 is 1.16 bits per heavy atom. The maximum atomic E-state index is 13.8. The van der Waals surface area contributed by atoms with Crippen LogP contribution in [0.1, 0.15) is 46.9 Å². The molecule has 0 saturated heterocycles. The fourth-order valence-corrected chi connectivity index (χ4v) is 5.59. The molecule has 0 bridgehead atoms. The second-order valence-corrected chi connectivity index (χ2v) is 11.7. The van der Waals surface area contributed by atoms with Gasteiger partial charge in [-0.2, -0.15) is 0 Å². The van der Waals surface area contributed by atoms with Crippen molar-refractivity contribution < 1.29 is 41.7 Å². The third-order valence-electron chi connectivity index (χ3n) is 8.32. The number of hydrogen-bond acceptors (Lipinski definition) is 7. The van der Waals surface area contributed by atoms with Gasteiger partial charge in [0.05, 0.1) is 12.2 Å². The summed E-state index contributed by atoms with van der Waals surface area (Å²) < 4.78 is 63.4. The number of amides is 2. The lowest BCUT2D eigenvalue weighted by Crippen LogP contribution is -2.44. The standard InChI is InChI=1S/C32H28F4N4O5/c1-16-9-18-10-19(11-23(25(18)38-13-16)45-32(34,35)36)28(41)39-14-31(43,20-5-6-20)24-12-22-27(44-15-30(22,2)29(37)42)26(40-24)17-3-7-21(33)8-4-17/h3-4,7-13,20,43H,5-6,14-15H2,1-2H3,(H2,37,42)(H,39,41)/t30-,31+/m0/s1. The van der Waals surface area contributed by atoms with Crippen LogP contribution in [-0.2, 0) is 15.8 Å². The van der Waals surface area contributed by atoms with Crippen LogP contribution in [0.5, 0.6) is 11.5 Å². The highest BCUT2D eigenvalue weighted by Crippen LogP contribution is 2.50. The molecule has 2 aliphatic rings. The number of nitrogens with one attached hydrogen (secondary N) is 1. The molecule has 1 aliphatic carbocycles. The molecule has 2 aromatic heterocycles. The summed E-state index contributed by atoms with van der Waals surface area (Å²) in [6.07, 6.45) is -2.43. The number of hydrogen-bond donors (Lipinski definition) is 3. The molecule has 1 aliphatic heterocycles. The van der Waals surface area contributed by atoms with E-state index in [1.54, 1.807) is 19.9 Å². The van der Waals surface area contributed by atoms with Gasteiger partial charge in [0.25, 0.3) is 5.91 Å². The lowest BCUT2D eigenvalue weighted by Gasteiger charge is -2.30. The molecule has 6 rings (SSSR count). The molecule has 2 aromatic carbocycles. The van der Waals surface area contributed by atoms with E-state index in [4.69, 9.17) is 15.5 Å². The van der Waals surface area contributed by atoms with Crippen LogP contribution in [0.3, 0.4) is 0 Å². The number of ether oxygens (including phenoxy) is 2. The molecular weight excluding hydrogens is 596 g/mol. The Morgan fingerprint density at radius 2 is 1.87 bits per heavy atom. The van der Waals surface area contributed by atoms with E-state index in [1.165, 1.54) is 42.6 Å². The molecule has 0 spiro atoms. The largest absolute Gasteiger partial charge is 0.573 e. The van der Waals surface area contributed by atoms with Crippen molar-refractivity contribution in [2.45, 2.75) is 44.1 Å². The number of primary amides is 1. The Morgan fingerprint density at radius 3 is 2.51 bits per heavy atom. The first-order valence-electron chi connectivity index (χ1n) is 14.1. The summed E-state index contributed by atoms with van der Waals surface area (Å²) in [7, 11) is 0. The number of aliphatic hydroxyl groups is 1. The average molecular weight is 625 g/mol. The molecule has 2 atom stereocenters. The summed E-state index contributed by atoms with van der Waals surface area (Å²) in [5.74, 6) is -2.61. The van der Waals surface area contributed by atoms with Gasteiger partial charge in [-0.3, -0.25) is 14.6 Å². The Hall–Kier alpha value is -4.78. The Kier molecular flexibility index (Phi) is 7.18. The highest BCUT2D eigenvalue weighted by atomic mass is 19.4. The zero-order valence-corrected chi connectivity index (χ0v) is 24.2. The predicted molar refractivity (Wildman–Crippen MR) is 154 cm³/mol. The molecule has 1 fully saturated rings. The SMILES string of the molecule is Cc1cnc2c(OC(F)(F)F)cc(C(=O)NC[C@](O)(c3cc4c(c(-c5ccc(F)cc5)n3)OC[C@]4(C)C(N)=O)C3CC3)cc2c1. The van der Waals surface area contributed by atoms with Crippen LogP contribution in [0, 0.1) is 18.7 Å². The van der Waals surface area contributed by atoms with Gasteiger partial charge in [0.2, 0.25) is 5.91 Å². The summed E-state index contributed by atoms with van der Waals surface area (Å²) in [4.78, 5) is 34.7. The van der Waals surface area contributed by atoms with Crippen molar-refractivity contribution in [1.82, 2.24) is 15.3 Å². The van der Waals surface area contributed by atoms with Crippen molar-refractivity contribution in [3.05, 3.63) is 82.9 Å². The molecule has 0 radical (unpaired) electrons. The highest BCUT2D eigenvalue weighted by molar-refractivity contribution is 6.00. The summed E-state index contributed by atoms with van der Waals surface area (Å²) in [5.41, 5.74) is 4.42. The van der Waals surface area contributed by atoms with Gasteiger partial charge in [-0.05, 0) is 86.7 Å². The van der Waals surface area contributed by atoms with Crippen molar-refractivity contribution in [3.8, 4) is 22.8 Å². The number of fused-ring (bicyclic) bond motifs is 2. The number of carbonyl (C=O) groups excluding carboxylic acids is 2. The normalized spacial score (nSPS) is 19.0. The number of aromatic nitrogens is 2. The summed E-state index contributed by atoms with van der Waals surface area (Å²) in [5, 5.41) is 15.0. The van der Waals surface area contributed by atoms with Crippen molar-refractivity contribution in [2.24, 2.45) is 11.7 Å². The number of aryl methyl sites for hydroxylation is 1. The first kappa shape index (κ1) is 30.3. The van der Waals surface area contributed by atoms with Crippen LogP contribution < -0.4 is 20.5 Å². The lowest BCUT2D eigenvalue weighted by atomic mass is 9.81. The summed E-state index contributed by atoms with van der Waals surface area (Å²) in [6, 6.07) is 10.9. The topological polar surface area (TPSA) is 137 Å². The van der Waals surface area contributed by atoms with Crippen LogP contribution in [-0.4, -0.2) is 46.4 Å². The number of alkyl halides is 3. The lowest BCUT2D eigenvalue weighted by molar-refractivity contribution is -0.274. The fraction of sp³-hybridized carbons (Fsp3) is 0.312. The smallest absolute Gasteiger partial charge is 0.489 e. The minimum atomic E-state index is -5.02. The molecule has 13 heteroatoms. The molecule has 9 nitrogen and oxygen atoms in total. The van der Waals surface area contributed by atoms with Crippen LogP contribution in [0.4, 0.5) is 17.6 Å². The summed E-state index contributed by atoms with van der Waals surface area (Å²) in [6.45, 7) is 2.87. The number of pyridine rings is 2. The van der Waals surface area contributed by atoms with E-state index >= 15 is 0 Å². The molecule has 4 aromatic rings.